The van der Waals surface area contributed by atoms with Crippen molar-refractivity contribution in [3.05, 3.63) is 49.1 Å². The lowest BCUT2D eigenvalue weighted by molar-refractivity contribution is -0.380. The minimum atomic E-state index is -5.93. The van der Waals surface area contributed by atoms with E-state index in [-0.39, 0.29) is 41.4 Å². The molecule has 0 heterocycles. The molecule has 37 heteroatoms. The van der Waals surface area contributed by atoms with Crippen LogP contribution < -0.4 is 0 Å². The second-order valence-corrected chi connectivity index (χ2v) is 22.4. The molecule has 0 aromatic carbocycles. The van der Waals surface area contributed by atoms with Gasteiger partial charge in [0.25, 0.3) is 22.4 Å². The summed E-state index contributed by atoms with van der Waals surface area (Å²) in [5.74, 6) is -6.90. The Hall–Kier alpha value is -5.04. The fraction of sp³-hybridized carbons (Fsp3) is 0.769. The van der Waals surface area contributed by atoms with Gasteiger partial charge in [-0.2, -0.15) is 105 Å². The van der Waals surface area contributed by atoms with E-state index in [1.807, 2.05) is 0 Å². The molecule has 0 radical (unpaired) electrons. The molecule has 0 spiro atoms. The zero-order valence-corrected chi connectivity index (χ0v) is 47.5. The number of aliphatic hydroxyl groups is 4. The first-order chi connectivity index (χ1) is 39.5. The molecule has 0 aliphatic heterocycles. The molecule has 4 aliphatic rings. The lowest BCUT2D eigenvalue weighted by Crippen LogP contribution is -2.62. The molecule has 4 rings (SSSR count). The number of ether oxygens (including phenoxy) is 5. The van der Waals surface area contributed by atoms with Gasteiger partial charge in [-0.15, -0.1) is 0 Å². The number of fused-ring (bicyclic) bond motifs is 4. The van der Waals surface area contributed by atoms with Crippen LogP contribution >= 0.6 is 0 Å². The smallest absolute Gasteiger partial charge is 0.426 e. The molecule has 8 atom stereocenters. The summed E-state index contributed by atoms with van der Waals surface area (Å²) in [5.41, 5.74) is -23.8. The third kappa shape index (κ3) is 19.7. The Morgan fingerprint density at radius 2 is 0.843 bits per heavy atom. The van der Waals surface area contributed by atoms with Gasteiger partial charge in [0.15, 0.2) is 0 Å². The highest BCUT2D eigenvalue weighted by Gasteiger charge is 2.76. The number of carbonyl (C=O) groups excluding carboxylic acids is 4. The summed E-state index contributed by atoms with van der Waals surface area (Å²) in [7, 11) is 1.13. The first-order valence-corrected chi connectivity index (χ1v) is 25.9. The molecule has 4 bridgehead atoms. The van der Waals surface area contributed by atoms with E-state index in [0.29, 0.717) is 44.6 Å². The summed E-state index contributed by atoms with van der Waals surface area (Å²) in [4.78, 5) is 45.5. The van der Waals surface area contributed by atoms with Crippen molar-refractivity contribution >= 4 is 23.9 Å². The normalized spacial score (nSPS) is 23.2. The first-order valence-electron chi connectivity index (χ1n) is 25.9. The molecule has 4 fully saturated rings. The molecule has 0 amide bonds. The Bertz CT molecular complexity index is 2420. The van der Waals surface area contributed by atoms with Crippen LogP contribution in [-0.2, 0) is 42.9 Å². The van der Waals surface area contributed by atoms with Gasteiger partial charge in [-0.3, -0.25) is 0 Å². The fourth-order valence-corrected chi connectivity index (χ4v) is 10.4. The number of esters is 4. The van der Waals surface area contributed by atoms with Crippen molar-refractivity contribution in [3.63, 3.8) is 0 Å². The van der Waals surface area contributed by atoms with Gasteiger partial charge in [0, 0.05) is 49.2 Å². The Balaban J connectivity index is 0.000000595. The molecule has 0 saturated heterocycles. The quantitative estimate of drug-likeness (QED) is 0.0389. The highest BCUT2D eigenvalue weighted by Crippen LogP contribution is 2.61. The number of hydrogen-bond acceptors (Lipinski definition) is 13. The molecule has 0 aromatic rings. The Kier molecular flexibility index (Phi) is 26.6. The largest absolute Gasteiger partial charge is 0.462 e. The molecular weight excluding hydrogens is 1290 g/mol. The topological polar surface area (TPSA) is 195 Å². The van der Waals surface area contributed by atoms with Crippen LogP contribution in [0.1, 0.15) is 111 Å². The molecule has 4 saturated carbocycles. The molecule has 0 aromatic heterocycles. The van der Waals surface area contributed by atoms with E-state index in [0.717, 1.165) is 14.0 Å². The van der Waals surface area contributed by atoms with Gasteiger partial charge >= 0.3 is 73.3 Å². The average molecular weight is 1350 g/mol. The van der Waals surface area contributed by atoms with Crippen LogP contribution in [0.3, 0.4) is 0 Å². The SMILES string of the molecule is C=C(C)C(=O)OC(CCC(O)(C(F)(F)F)C(F)(F)F)COC.C=C(C)C(=O)OC1(CC(O)(C(F)(F)F)C(F)(F)F)CC2CCC1C2.C=C(C)C(=O)OCC(C)CC(O)(C(F)(F)F)C(F)(F)F.C=CC(=O)OC1(CC(O)(C(F)(F)F)C(F)(F)F)CC2CCC1C2. The summed E-state index contributed by atoms with van der Waals surface area (Å²) in [5, 5.41) is 36.9. The van der Waals surface area contributed by atoms with Gasteiger partial charge < -0.3 is 44.1 Å². The lowest BCUT2D eigenvalue weighted by atomic mass is 9.75. The first kappa shape index (κ1) is 82.0. The molecule has 13 nitrogen and oxygen atoms in total. The van der Waals surface area contributed by atoms with E-state index in [1.54, 1.807) is 0 Å². The van der Waals surface area contributed by atoms with Crippen LogP contribution in [0.15, 0.2) is 49.1 Å². The van der Waals surface area contributed by atoms with E-state index in [2.05, 4.69) is 40.5 Å². The monoisotopic (exact) mass is 1350 g/mol. The van der Waals surface area contributed by atoms with Gasteiger partial charge in [0.2, 0.25) is 0 Å². The minimum absolute atomic E-state index is 0.0425. The second kappa shape index (κ2) is 28.9. The molecule has 4 N–H and O–H groups in total. The molecule has 4 aliphatic carbocycles. The zero-order chi connectivity index (χ0) is 70.4. The van der Waals surface area contributed by atoms with Crippen molar-refractivity contribution in [2.24, 2.45) is 29.6 Å². The Labute approximate surface area is 491 Å². The zero-order valence-electron chi connectivity index (χ0n) is 47.5. The number of carbonyl (C=O) groups is 4. The van der Waals surface area contributed by atoms with Crippen LogP contribution in [-0.4, -0.2) is 154 Å². The highest BCUT2D eigenvalue weighted by atomic mass is 19.4. The standard InChI is InChI=1S/C15H18F6O3.C14H16F6O3.C12H16F6O4.C11H14F6O3/c1-8(2)11(22)24-12(6-9-3-4-10(12)5-9)7-13(23,14(16,17)18)15(19,20)21;1-2-10(21)23-11(6-8-3-4-9(11)5-8)7-12(22,13(15,16)17)14(18,19)20;1-7(2)9(19)22-8(6-21-3)4-5-10(20,11(13,14)15)12(16,17)18;1-6(2)8(18)20-5-7(3)4-9(19,10(12,13)14)11(15,16)17/h9-10,23H,1,3-7H2,2H3;2,8-9,22H,1,3-7H2;8,20H,1,4-6H2,2-3H3;7,19H,1,4-5H2,2-3H3. The number of alkyl halides is 24. The predicted molar refractivity (Wildman–Crippen MR) is 256 cm³/mol. The van der Waals surface area contributed by atoms with Gasteiger partial charge in [-0.25, -0.2) is 19.2 Å². The predicted octanol–water partition coefficient (Wildman–Crippen LogP) is 13.2. The Morgan fingerprint density at radius 1 is 0.506 bits per heavy atom. The maximum absolute atomic E-state index is 13.0. The molecular formula is C52H64F24O13. The van der Waals surface area contributed by atoms with Crippen molar-refractivity contribution in [2.45, 2.75) is 200 Å². The third-order valence-electron chi connectivity index (χ3n) is 15.1. The van der Waals surface area contributed by atoms with Crippen molar-refractivity contribution in [1.29, 1.82) is 0 Å². The van der Waals surface area contributed by atoms with Crippen molar-refractivity contribution in [3.8, 4) is 0 Å². The average Bonchev–Trinajstić information content (AvgIpc) is 1.98. The van der Waals surface area contributed by atoms with Gasteiger partial charge in [0.05, 0.1) is 13.2 Å². The minimum Gasteiger partial charge on any atom is -0.462 e. The van der Waals surface area contributed by atoms with Crippen LogP contribution in [0.5, 0.6) is 0 Å². The summed E-state index contributed by atoms with van der Waals surface area (Å²) in [6, 6.07) is 0. The van der Waals surface area contributed by atoms with E-state index in [9.17, 15) is 135 Å². The number of methoxy groups -OCH3 is 1. The summed E-state index contributed by atoms with van der Waals surface area (Å²) in [6.45, 7) is 16.5. The summed E-state index contributed by atoms with van der Waals surface area (Å²) >= 11 is 0. The van der Waals surface area contributed by atoms with Crippen LogP contribution in [0.2, 0.25) is 0 Å². The van der Waals surface area contributed by atoms with E-state index in [4.69, 9.17) is 19.7 Å². The van der Waals surface area contributed by atoms with Crippen LogP contribution in [0.4, 0.5) is 105 Å². The maximum Gasteiger partial charge on any atom is 0.426 e. The van der Waals surface area contributed by atoms with Crippen molar-refractivity contribution in [1.82, 2.24) is 0 Å². The summed E-state index contributed by atoms with van der Waals surface area (Å²) in [6.07, 6.45) is -53.2. The van der Waals surface area contributed by atoms with E-state index in [1.165, 1.54) is 20.8 Å². The second-order valence-electron chi connectivity index (χ2n) is 22.4. The molecule has 518 valence electrons. The Morgan fingerprint density at radius 3 is 1.11 bits per heavy atom. The number of rotatable bonds is 20. The van der Waals surface area contributed by atoms with Gasteiger partial charge in [-0.1, -0.05) is 33.2 Å². The number of halogens is 24. The van der Waals surface area contributed by atoms with Gasteiger partial charge in [-0.05, 0) is 115 Å². The van der Waals surface area contributed by atoms with E-state index >= 15 is 0 Å². The third-order valence-corrected chi connectivity index (χ3v) is 15.1. The van der Waals surface area contributed by atoms with E-state index < -0.39 is 176 Å². The fourth-order valence-electron chi connectivity index (χ4n) is 10.4. The van der Waals surface area contributed by atoms with Crippen molar-refractivity contribution < 1.29 is 169 Å². The lowest BCUT2D eigenvalue weighted by Gasteiger charge is -2.43. The molecule has 8 unspecified atom stereocenters. The number of hydrogen-bond donors (Lipinski definition) is 4. The van der Waals surface area contributed by atoms with Crippen LogP contribution in [0.25, 0.3) is 0 Å². The maximum atomic E-state index is 13.0. The summed E-state index contributed by atoms with van der Waals surface area (Å²) < 4.78 is 329. The highest BCUT2D eigenvalue weighted by molar-refractivity contribution is 5.88. The van der Waals surface area contributed by atoms with Crippen molar-refractivity contribution in [2.75, 3.05) is 20.3 Å². The van der Waals surface area contributed by atoms with Gasteiger partial charge in [0.1, 0.15) is 17.3 Å². The van der Waals surface area contributed by atoms with Crippen LogP contribution in [0, 0.1) is 29.6 Å². The molecule has 89 heavy (non-hydrogen) atoms.